The van der Waals surface area contributed by atoms with Crippen LogP contribution in [0.3, 0.4) is 0 Å². The van der Waals surface area contributed by atoms with E-state index in [9.17, 15) is 0 Å². The summed E-state index contributed by atoms with van der Waals surface area (Å²) in [5.74, 6) is 1.50. The summed E-state index contributed by atoms with van der Waals surface area (Å²) in [5.41, 5.74) is 0. The van der Waals surface area contributed by atoms with E-state index in [0.717, 1.165) is 0 Å². The molecular weight excluding hydrogens is 270 g/mol. The van der Waals surface area contributed by atoms with Crippen molar-refractivity contribution < 1.29 is 8.83 Å². The molecule has 0 aromatic carbocycles. The van der Waals surface area contributed by atoms with Gasteiger partial charge in [-0.1, -0.05) is 0 Å². The van der Waals surface area contributed by atoms with Crippen LogP contribution in [0.2, 0.25) is 0 Å². The van der Waals surface area contributed by atoms with E-state index in [2.05, 4.69) is 34.5 Å². The number of rotatable bonds is 6. The molecule has 0 aliphatic rings. The van der Waals surface area contributed by atoms with Gasteiger partial charge in [-0.2, -0.15) is 5.10 Å². The third-order valence-corrected chi connectivity index (χ3v) is 3.44. The Hall–Kier alpha value is -2.41. The summed E-state index contributed by atoms with van der Waals surface area (Å²) in [6, 6.07) is 5.92. The van der Waals surface area contributed by atoms with Gasteiger partial charge in [0.05, 0.1) is 18.8 Å². The zero-order valence-electron chi connectivity index (χ0n) is 11.9. The first-order valence-corrected chi connectivity index (χ1v) is 6.83. The summed E-state index contributed by atoms with van der Waals surface area (Å²) in [7, 11) is 0. The third-order valence-electron chi connectivity index (χ3n) is 3.44. The van der Waals surface area contributed by atoms with E-state index in [1.165, 1.54) is 0 Å². The van der Waals surface area contributed by atoms with E-state index in [1.807, 2.05) is 16.9 Å². The summed E-state index contributed by atoms with van der Waals surface area (Å²) in [4.78, 5) is 0. The molecule has 3 rings (SSSR count). The highest BCUT2D eigenvalue weighted by Crippen LogP contribution is 2.18. The highest BCUT2D eigenvalue weighted by molar-refractivity contribution is 5.42. The molecule has 0 radical (unpaired) electrons. The molecule has 0 aliphatic heterocycles. The lowest BCUT2D eigenvalue weighted by Gasteiger charge is -2.20. The first kappa shape index (κ1) is 13.6. The number of furan rings is 1. The molecular formula is C14H17N5O2. The fraction of sp³-hybridized carbons (Fsp3) is 0.357. The minimum atomic E-state index is 0.212. The van der Waals surface area contributed by atoms with Crippen LogP contribution in [0.1, 0.15) is 25.8 Å². The first-order valence-electron chi connectivity index (χ1n) is 6.83. The molecule has 0 spiro atoms. The Morgan fingerprint density at radius 1 is 1.29 bits per heavy atom. The van der Waals surface area contributed by atoms with Gasteiger partial charge in [-0.3, -0.25) is 4.68 Å². The number of nitrogens with zero attached hydrogens (tertiary/aromatic N) is 4. The Morgan fingerprint density at radius 3 is 2.90 bits per heavy atom. The number of hydrogen-bond donors (Lipinski definition) is 1. The van der Waals surface area contributed by atoms with Crippen LogP contribution >= 0.6 is 0 Å². The van der Waals surface area contributed by atoms with E-state index in [-0.39, 0.29) is 12.1 Å². The molecule has 21 heavy (non-hydrogen) atoms. The predicted octanol–water partition coefficient (Wildman–Crippen LogP) is 2.27. The minimum Gasteiger partial charge on any atom is -0.459 e. The van der Waals surface area contributed by atoms with E-state index in [4.69, 9.17) is 8.83 Å². The van der Waals surface area contributed by atoms with Gasteiger partial charge in [0.2, 0.25) is 5.89 Å². The highest BCUT2D eigenvalue weighted by Gasteiger charge is 2.16. The van der Waals surface area contributed by atoms with Crippen molar-refractivity contribution in [3.63, 3.8) is 0 Å². The van der Waals surface area contributed by atoms with Gasteiger partial charge in [0.25, 0.3) is 5.89 Å². The van der Waals surface area contributed by atoms with Gasteiger partial charge in [-0.15, -0.1) is 10.2 Å². The molecule has 3 heterocycles. The molecule has 0 bridgehead atoms. The van der Waals surface area contributed by atoms with Crippen LogP contribution < -0.4 is 5.32 Å². The number of aromatic nitrogens is 4. The van der Waals surface area contributed by atoms with E-state index in [1.54, 1.807) is 24.6 Å². The molecule has 2 atom stereocenters. The molecule has 0 unspecified atom stereocenters. The molecule has 0 amide bonds. The lowest BCUT2D eigenvalue weighted by molar-refractivity contribution is 0.348. The van der Waals surface area contributed by atoms with Crippen molar-refractivity contribution in [2.24, 2.45) is 0 Å². The first-order chi connectivity index (χ1) is 10.2. The van der Waals surface area contributed by atoms with Gasteiger partial charge in [0.15, 0.2) is 5.76 Å². The number of nitrogens with one attached hydrogen (secondary N) is 1. The Morgan fingerprint density at radius 2 is 2.19 bits per heavy atom. The Kier molecular flexibility index (Phi) is 3.83. The second kappa shape index (κ2) is 5.92. The number of hydrogen-bond acceptors (Lipinski definition) is 6. The molecule has 110 valence electrons. The zero-order chi connectivity index (χ0) is 14.7. The minimum absolute atomic E-state index is 0.212. The van der Waals surface area contributed by atoms with Gasteiger partial charge >= 0.3 is 0 Å². The molecule has 7 nitrogen and oxygen atoms in total. The SMILES string of the molecule is C[C@H](NCc1nnc(-c2ccco2)o1)[C@H](C)n1cccn1. The molecule has 0 saturated heterocycles. The van der Waals surface area contributed by atoms with E-state index < -0.39 is 0 Å². The van der Waals surface area contributed by atoms with E-state index >= 15 is 0 Å². The quantitative estimate of drug-likeness (QED) is 0.749. The van der Waals surface area contributed by atoms with Gasteiger partial charge in [0, 0.05) is 18.4 Å². The molecule has 7 heteroatoms. The van der Waals surface area contributed by atoms with Crippen LogP contribution in [0, 0.1) is 0 Å². The maximum atomic E-state index is 5.55. The summed E-state index contributed by atoms with van der Waals surface area (Å²) in [6.45, 7) is 4.70. The maximum Gasteiger partial charge on any atom is 0.283 e. The van der Waals surface area contributed by atoms with Crippen LogP contribution in [0.4, 0.5) is 0 Å². The molecule has 0 fully saturated rings. The Labute approximate surface area is 122 Å². The summed E-state index contributed by atoms with van der Waals surface area (Å²) in [6.07, 6.45) is 5.30. The molecule has 0 aliphatic carbocycles. The van der Waals surface area contributed by atoms with Gasteiger partial charge in [0.1, 0.15) is 0 Å². The standard InChI is InChI=1S/C14H17N5O2/c1-10(11(2)19-7-4-6-16-19)15-9-13-17-18-14(21-13)12-5-3-8-20-12/h3-8,10-11,15H,9H2,1-2H3/t10-,11-/m0/s1. The highest BCUT2D eigenvalue weighted by atomic mass is 16.4. The second-order valence-corrected chi connectivity index (χ2v) is 4.87. The maximum absolute atomic E-state index is 5.55. The molecule has 1 N–H and O–H groups in total. The third kappa shape index (κ3) is 3.03. The van der Waals surface area contributed by atoms with Gasteiger partial charge in [-0.25, -0.2) is 0 Å². The van der Waals surface area contributed by atoms with Crippen molar-refractivity contribution in [3.8, 4) is 11.7 Å². The van der Waals surface area contributed by atoms with Crippen molar-refractivity contribution in [1.82, 2.24) is 25.3 Å². The average molecular weight is 287 g/mol. The van der Waals surface area contributed by atoms with Gasteiger partial charge in [-0.05, 0) is 32.0 Å². The summed E-state index contributed by atoms with van der Waals surface area (Å²) in [5, 5.41) is 15.6. The predicted molar refractivity (Wildman–Crippen MR) is 75.2 cm³/mol. The van der Waals surface area contributed by atoms with Crippen molar-refractivity contribution in [1.29, 1.82) is 0 Å². The monoisotopic (exact) mass is 287 g/mol. The zero-order valence-corrected chi connectivity index (χ0v) is 11.9. The van der Waals surface area contributed by atoms with Crippen molar-refractivity contribution >= 4 is 0 Å². The smallest absolute Gasteiger partial charge is 0.283 e. The summed E-state index contributed by atoms with van der Waals surface area (Å²) < 4.78 is 12.7. The Bertz CT molecular complexity index is 659. The second-order valence-electron chi connectivity index (χ2n) is 4.87. The van der Waals surface area contributed by atoms with Crippen LogP contribution in [0.25, 0.3) is 11.7 Å². The molecule has 3 aromatic rings. The van der Waals surface area contributed by atoms with Crippen molar-refractivity contribution in [2.75, 3.05) is 0 Å². The lowest BCUT2D eigenvalue weighted by atomic mass is 10.2. The average Bonchev–Trinajstić information content (AvgIpc) is 3.25. The van der Waals surface area contributed by atoms with Crippen LogP contribution in [0.5, 0.6) is 0 Å². The topological polar surface area (TPSA) is 81.9 Å². The molecule has 3 aromatic heterocycles. The van der Waals surface area contributed by atoms with Gasteiger partial charge < -0.3 is 14.2 Å². The van der Waals surface area contributed by atoms with Crippen LogP contribution in [0.15, 0.2) is 45.7 Å². The van der Waals surface area contributed by atoms with Crippen LogP contribution in [-0.2, 0) is 6.54 Å². The Balaban J connectivity index is 1.58. The fourth-order valence-electron chi connectivity index (χ4n) is 1.99. The largest absolute Gasteiger partial charge is 0.459 e. The fourth-order valence-corrected chi connectivity index (χ4v) is 1.99. The lowest BCUT2D eigenvalue weighted by Crippen LogP contribution is -2.33. The van der Waals surface area contributed by atoms with Crippen molar-refractivity contribution in [2.45, 2.75) is 32.5 Å². The van der Waals surface area contributed by atoms with E-state index in [0.29, 0.717) is 24.1 Å². The normalized spacial score (nSPS) is 14.2. The molecule has 0 saturated carbocycles. The van der Waals surface area contributed by atoms with Crippen molar-refractivity contribution in [3.05, 3.63) is 42.7 Å². The summed E-state index contributed by atoms with van der Waals surface area (Å²) >= 11 is 0. The van der Waals surface area contributed by atoms with Crippen LogP contribution in [-0.4, -0.2) is 26.0 Å².